The van der Waals surface area contributed by atoms with Gasteiger partial charge in [0.15, 0.2) is 11.9 Å². The molecule has 0 aliphatic carbocycles. The van der Waals surface area contributed by atoms with E-state index in [1.165, 1.54) is 6.07 Å². The summed E-state index contributed by atoms with van der Waals surface area (Å²) in [5.41, 5.74) is 2.71. The highest BCUT2D eigenvalue weighted by atomic mass is 19.4. The minimum atomic E-state index is -4.88. The zero-order chi connectivity index (χ0) is 21.3. The van der Waals surface area contributed by atoms with Gasteiger partial charge in [-0.25, -0.2) is 14.4 Å². The fourth-order valence-corrected chi connectivity index (χ4v) is 2.95. The molecule has 2 aromatic heterocycles. The molecule has 0 aliphatic heterocycles. The first-order valence-corrected chi connectivity index (χ1v) is 8.46. The molecule has 0 aliphatic rings. The van der Waals surface area contributed by atoms with E-state index in [1.54, 1.807) is 0 Å². The van der Waals surface area contributed by atoms with Crippen molar-refractivity contribution in [3.05, 3.63) is 53.3 Å². The van der Waals surface area contributed by atoms with Crippen molar-refractivity contribution in [2.24, 2.45) is 0 Å². The van der Waals surface area contributed by atoms with Gasteiger partial charge in [-0.15, -0.1) is 0 Å². The largest absolute Gasteiger partial charge is 0.618 e. The maximum Gasteiger partial charge on any atom is 0.434 e. The van der Waals surface area contributed by atoms with Crippen LogP contribution in [0.2, 0.25) is 0 Å². The second-order valence-electron chi connectivity index (χ2n) is 6.14. The predicted octanol–water partition coefficient (Wildman–Crippen LogP) is 2.81. The lowest BCUT2D eigenvalue weighted by molar-refractivity contribution is -0.605. The first kappa shape index (κ1) is 20.2. The summed E-state index contributed by atoms with van der Waals surface area (Å²) >= 11 is 0. The normalized spacial score (nSPS) is 11.6. The third kappa shape index (κ3) is 3.62. The van der Waals surface area contributed by atoms with Gasteiger partial charge < -0.3 is 16.3 Å². The van der Waals surface area contributed by atoms with Crippen molar-refractivity contribution >= 4 is 22.4 Å². The van der Waals surface area contributed by atoms with Crippen LogP contribution in [0.15, 0.2) is 30.9 Å². The minimum Gasteiger partial charge on any atom is -0.618 e. The van der Waals surface area contributed by atoms with Crippen LogP contribution in [-0.4, -0.2) is 22.4 Å². The van der Waals surface area contributed by atoms with Crippen LogP contribution in [0, 0.1) is 11.0 Å². The number of nitrogens with one attached hydrogen (secondary N) is 1. The molecular formula is C18H15F4N5O2. The third-order valence-corrected chi connectivity index (χ3v) is 4.21. The predicted molar refractivity (Wildman–Crippen MR) is 95.9 cm³/mol. The Balaban J connectivity index is 2.32. The molecule has 0 fully saturated rings. The molecule has 0 saturated carbocycles. The summed E-state index contributed by atoms with van der Waals surface area (Å²) < 4.78 is 54.8. The summed E-state index contributed by atoms with van der Waals surface area (Å²) in [6.45, 7) is 2.10. The van der Waals surface area contributed by atoms with Gasteiger partial charge in [0.1, 0.15) is 17.8 Å². The second-order valence-corrected chi connectivity index (χ2v) is 6.14. The number of carbonyl (C=O) groups excluding carboxylic acids is 1. The van der Waals surface area contributed by atoms with Gasteiger partial charge in [-0.3, -0.25) is 4.79 Å². The number of nitrogens with two attached hydrogens (primary N) is 1. The van der Waals surface area contributed by atoms with E-state index in [0.29, 0.717) is 19.3 Å². The van der Waals surface area contributed by atoms with E-state index in [9.17, 15) is 27.6 Å². The number of alkyl halides is 3. The van der Waals surface area contributed by atoms with Gasteiger partial charge in [0.2, 0.25) is 0 Å². The van der Waals surface area contributed by atoms with Crippen molar-refractivity contribution in [1.29, 1.82) is 0 Å². The van der Waals surface area contributed by atoms with Crippen LogP contribution in [-0.2, 0) is 6.18 Å². The van der Waals surface area contributed by atoms with Crippen molar-refractivity contribution in [2.45, 2.75) is 19.5 Å². The molecule has 0 unspecified atom stereocenters. The number of amides is 1. The Labute approximate surface area is 161 Å². The highest BCUT2D eigenvalue weighted by Gasteiger charge is 2.37. The van der Waals surface area contributed by atoms with Crippen LogP contribution in [0.3, 0.4) is 0 Å². The molecule has 1 amide bonds. The minimum absolute atomic E-state index is 0.0483. The number of fused-ring (bicyclic) bond motifs is 1. The molecule has 0 bridgehead atoms. The fraction of sp³-hybridized carbons (Fsp3) is 0.222. The molecule has 1 aromatic carbocycles. The molecule has 0 radical (unpaired) electrons. The van der Waals surface area contributed by atoms with Crippen LogP contribution in [0.1, 0.15) is 29.5 Å². The summed E-state index contributed by atoms with van der Waals surface area (Å²) in [7, 11) is 0. The highest BCUT2D eigenvalue weighted by Crippen LogP contribution is 2.39. The Morgan fingerprint density at radius 3 is 2.69 bits per heavy atom. The molecule has 3 aromatic rings. The van der Waals surface area contributed by atoms with E-state index in [0.717, 1.165) is 18.5 Å². The maximum absolute atomic E-state index is 14.6. The lowest BCUT2D eigenvalue weighted by Crippen LogP contribution is -2.40. The maximum atomic E-state index is 14.6. The Hall–Kier alpha value is -3.50. The van der Waals surface area contributed by atoms with Gasteiger partial charge in [0, 0.05) is 29.3 Å². The average Bonchev–Trinajstić information content (AvgIpc) is 2.65. The van der Waals surface area contributed by atoms with Crippen LogP contribution in [0.5, 0.6) is 0 Å². The van der Waals surface area contributed by atoms with Crippen LogP contribution in [0.4, 0.5) is 23.2 Å². The summed E-state index contributed by atoms with van der Waals surface area (Å²) in [6.07, 6.45) is -1.96. The molecule has 2 heterocycles. The zero-order valence-electron chi connectivity index (χ0n) is 15.0. The molecule has 3 rings (SSSR count). The molecule has 7 nitrogen and oxygen atoms in total. The Morgan fingerprint density at radius 2 is 2.03 bits per heavy atom. The quantitative estimate of drug-likeness (QED) is 0.391. The first-order valence-electron chi connectivity index (χ1n) is 8.46. The molecule has 0 atom stereocenters. The van der Waals surface area contributed by atoms with Crippen molar-refractivity contribution in [3.63, 3.8) is 0 Å². The van der Waals surface area contributed by atoms with E-state index in [2.05, 4.69) is 15.3 Å². The average molecular weight is 409 g/mol. The number of aromatic nitrogens is 3. The number of carbonyl (C=O) groups is 1. The van der Waals surface area contributed by atoms with Gasteiger partial charge in [0.05, 0.1) is 5.39 Å². The van der Waals surface area contributed by atoms with Gasteiger partial charge in [-0.05, 0) is 18.6 Å². The number of halogens is 4. The van der Waals surface area contributed by atoms with Crippen molar-refractivity contribution < 1.29 is 27.1 Å². The number of rotatable bonds is 4. The monoisotopic (exact) mass is 409 g/mol. The molecule has 0 spiro atoms. The van der Waals surface area contributed by atoms with Gasteiger partial charge in [-0.2, -0.15) is 17.9 Å². The molecule has 29 heavy (non-hydrogen) atoms. The lowest BCUT2D eigenvalue weighted by atomic mass is 9.97. The topological polar surface area (TPSA) is 108 Å². The number of nitrogen functional groups attached to an aromatic ring is 1. The van der Waals surface area contributed by atoms with Crippen molar-refractivity contribution in [2.75, 3.05) is 12.3 Å². The Bertz CT molecular complexity index is 1100. The van der Waals surface area contributed by atoms with Gasteiger partial charge >= 0.3 is 17.8 Å². The molecule has 3 N–H and O–H groups in total. The van der Waals surface area contributed by atoms with Crippen LogP contribution >= 0.6 is 0 Å². The first-order chi connectivity index (χ1) is 13.7. The molecule has 0 saturated heterocycles. The standard InChI is InChI=1S/C18H15F4N5O2/c1-2-5-25-17(28)15-14(23)9-3-4-12(19)13(11(9)7-27(15)29)10-6-24-8-26-16(10)18(20,21)22/h3-4,6-8H,2,5,23H2,1H3,(H,25,28). The van der Waals surface area contributed by atoms with E-state index < -0.39 is 40.4 Å². The molecule has 11 heteroatoms. The van der Waals surface area contributed by atoms with E-state index in [1.807, 2.05) is 6.92 Å². The summed E-state index contributed by atoms with van der Waals surface area (Å²) in [5.74, 6) is -1.77. The number of nitrogens with zero attached hydrogens (tertiary/aromatic N) is 3. The number of pyridine rings is 1. The second kappa shape index (κ2) is 7.49. The fourth-order valence-electron chi connectivity index (χ4n) is 2.95. The number of hydrogen-bond donors (Lipinski definition) is 2. The van der Waals surface area contributed by atoms with Crippen molar-refractivity contribution in [3.8, 4) is 11.1 Å². The number of anilines is 1. The zero-order valence-corrected chi connectivity index (χ0v) is 15.0. The van der Waals surface area contributed by atoms with Gasteiger partial charge in [-0.1, -0.05) is 6.92 Å². The Morgan fingerprint density at radius 1 is 1.31 bits per heavy atom. The smallest absolute Gasteiger partial charge is 0.434 e. The van der Waals surface area contributed by atoms with E-state index >= 15 is 0 Å². The molecular weight excluding hydrogens is 394 g/mol. The summed E-state index contributed by atoms with van der Waals surface area (Å²) in [4.78, 5) is 19.0. The van der Waals surface area contributed by atoms with Crippen LogP contribution < -0.4 is 15.8 Å². The Kier molecular flexibility index (Phi) is 5.23. The third-order valence-electron chi connectivity index (χ3n) is 4.21. The lowest BCUT2D eigenvalue weighted by Gasteiger charge is -2.15. The molecule has 152 valence electrons. The van der Waals surface area contributed by atoms with Crippen molar-refractivity contribution in [1.82, 2.24) is 15.3 Å². The van der Waals surface area contributed by atoms with Gasteiger partial charge in [0.25, 0.3) is 0 Å². The van der Waals surface area contributed by atoms with E-state index in [-0.39, 0.29) is 21.2 Å². The SMILES string of the molecule is CCCNC(=O)c1c(N)c2ccc(F)c(-c3cncnc3C(F)(F)F)c2c[n+]1[O-]. The summed E-state index contributed by atoms with van der Waals surface area (Å²) in [5, 5.41) is 14.8. The van der Waals surface area contributed by atoms with E-state index in [4.69, 9.17) is 5.73 Å². The highest BCUT2D eigenvalue weighted by molar-refractivity contribution is 6.08. The van der Waals surface area contributed by atoms with Crippen LogP contribution in [0.25, 0.3) is 21.9 Å². The number of benzene rings is 1. The summed E-state index contributed by atoms with van der Waals surface area (Å²) in [6, 6.07) is 2.10. The number of hydrogen-bond acceptors (Lipinski definition) is 5.